The number of carbonyl (C=O) groups is 1. The molecule has 5 rings (SSSR count). The number of amides is 1. The standard InChI is InChI=1S/C27H28FN3O2/c1-29(2)16-20-5-3-4-6-23(20)24-11-12-25-21-13-18(15-31(25)27(24)33)14-30(17-21)26(32)19-7-9-22(28)10-8-19/h3-12,18,21H,13-17H2,1-2H3/t18-,21+/m0/s1. The minimum Gasteiger partial charge on any atom is -0.338 e. The molecule has 6 heteroatoms. The molecule has 2 aromatic carbocycles. The highest BCUT2D eigenvalue weighted by Crippen LogP contribution is 2.36. The molecule has 2 atom stereocenters. The lowest BCUT2D eigenvalue weighted by atomic mass is 9.82. The first-order chi connectivity index (χ1) is 15.9. The highest BCUT2D eigenvalue weighted by molar-refractivity contribution is 5.94. The van der Waals surface area contributed by atoms with E-state index in [1.807, 2.05) is 47.8 Å². The van der Waals surface area contributed by atoms with E-state index in [0.717, 1.165) is 35.3 Å². The highest BCUT2D eigenvalue weighted by atomic mass is 19.1. The number of benzene rings is 2. The third kappa shape index (κ3) is 4.11. The van der Waals surface area contributed by atoms with E-state index >= 15 is 0 Å². The van der Waals surface area contributed by atoms with Gasteiger partial charge in [-0.1, -0.05) is 24.3 Å². The predicted molar refractivity (Wildman–Crippen MR) is 127 cm³/mol. The van der Waals surface area contributed by atoms with Gasteiger partial charge in [0.2, 0.25) is 0 Å². The van der Waals surface area contributed by atoms with Gasteiger partial charge in [-0.05, 0) is 74.0 Å². The summed E-state index contributed by atoms with van der Waals surface area (Å²) in [5, 5.41) is 0. The molecule has 0 saturated carbocycles. The van der Waals surface area contributed by atoms with Crippen LogP contribution in [0.2, 0.25) is 0 Å². The van der Waals surface area contributed by atoms with Gasteiger partial charge in [0.15, 0.2) is 0 Å². The zero-order chi connectivity index (χ0) is 23.1. The molecule has 170 valence electrons. The molecule has 2 bridgehead atoms. The molecule has 2 aliphatic rings. The second-order valence-corrected chi connectivity index (χ2v) is 9.50. The summed E-state index contributed by atoms with van der Waals surface area (Å²) in [6.45, 7) is 2.56. The predicted octanol–water partition coefficient (Wildman–Crippen LogP) is 3.98. The van der Waals surface area contributed by atoms with Crippen LogP contribution in [-0.2, 0) is 13.1 Å². The van der Waals surface area contributed by atoms with Crippen molar-refractivity contribution in [1.29, 1.82) is 0 Å². The van der Waals surface area contributed by atoms with Crippen molar-refractivity contribution < 1.29 is 9.18 Å². The normalized spacial score (nSPS) is 19.5. The number of piperidine rings is 1. The summed E-state index contributed by atoms with van der Waals surface area (Å²) in [4.78, 5) is 30.6. The summed E-state index contributed by atoms with van der Waals surface area (Å²) in [5.41, 5.74) is 4.40. The SMILES string of the molecule is CN(C)Cc1ccccc1-c1ccc2n(c1=O)C[C@H]1C[C@@H]2CN(C(=O)c2ccc(F)cc2)C1. The van der Waals surface area contributed by atoms with Crippen molar-refractivity contribution in [2.24, 2.45) is 5.92 Å². The number of aromatic nitrogens is 1. The van der Waals surface area contributed by atoms with E-state index in [2.05, 4.69) is 17.0 Å². The largest absolute Gasteiger partial charge is 0.338 e. The molecule has 3 heterocycles. The lowest BCUT2D eigenvalue weighted by Gasteiger charge is -2.43. The Morgan fingerprint density at radius 1 is 0.970 bits per heavy atom. The van der Waals surface area contributed by atoms with E-state index in [0.29, 0.717) is 25.2 Å². The zero-order valence-electron chi connectivity index (χ0n) is 19.0. The van der Waals surface area contributed by atoms with E-state index in [-0.39, 0.29) is 29.1 Å². The van der Waals surface area contributed by atoms with Gasteiger partial charge in [-0.25, -0.2) is 4.39 Å². The fourth-order valence-electron chi connectivity index (χ4n) is 5.35. The lowest BCUT2D eigenvalue weighted by molar-refractivity contribution is 0.0594. The molecule has 2 aliphatic heterocycles. The Morgan fingerprint density at radius 2 is 1.73 bits per heavy atom. The Labute approximate surface area is 193 Å². The lowest BCUT2D eigenvalue weighted by Crippen LogP contribution is -2.49. The van der Waals surface area contributed by atoms with Gasteiger partial charge in [-0.3, -0.25) is 9.59 Å². The fourth-order valence-corrected chi connectivity index (χ4v) is 5.35. The Balaban J connectivity index is 1.46. The van der Waals surface area contributed by atoms with Crippen molar-refractivity contribution in [2.45, 2.75) is 25.4 Å². The van der Waals surface area contributed by atoms with Crippen LogP contribution in [0.25, 0.3) is 11.1 Å². The molecule has 0 N–H and O–H groups in total. The molecule has 1 fully saturated rings. The topological polar surface area (TPSA) is 45.6 Å². The van der Waals surface area contributed by atoms with E-state index in [4.69, 9.17) is 0 Å². The van der Waals surface area contributed by atoms with Gasteiger partial charge >= 0.3 is 0 Å². The highest BCUT2D eigenvalue weighted by Gasteiger charge is 2.37. The molecule has 33 heavy (non-hydrogen) atoms. The maximum absolute atomic E-state index is 13.6. The van der Waals surface area contributed by atoms with Gasteiger partial charge in [0.05, 0.1) is 0 Å². The first kappa shape index (κ1) is 21.6. The van der Waals surface area contributed by atoms with Crippen LogP contribution in [0.4, 0.5) is 4.39 Å². The summed E-state index contributed by atoms with van der Waals surface area (Å²) < 4.78 is 15.2. The molecule has 0 radical (unpaired) electrons. The first-order valence-electron chi connectivity index (χ1n) is 11.4. The molecule has 0 aliphatic carbocycles. The summed E-state index contributed by atoms with van der Waals surface area (Å²) in [6.07, 6.45) is 0.975. The van der Waals surface area contributed by atoms with Crippen LogP contribution in [0.5, 0.6) is 0 Å². The maximum atomic E-state index is 13.6. The second-order valence-electron chi connectivity index (χ2n) is 9.50. The zero-order valence-corrected chi connectivity index (χ0v) is 19.0. The molecule has 0 spiro atoms. The van der Waals surface area contributed by atoms with Gasteiger partial charge in [-0.15, -0.1) is 0 Å². The smallest absolute Gasteiger partial charge is 0.258 e. The van der Waals surface area contributed by atoms with Gasteiger partial charge in [0.1, 0.15) is 5.82 Å². The molecule has 5 nitrogen and oxygen atoms in total. The van der Waals surface area contributed by atoms with Gasteiger partial charge < -0.3 is 14.4 Å². The average molecular weight is 446 g/mol. The van der Waals surface area contributed by atoms with Crippen LogP contribution >= 0.6 is 0 Å². The van der Waals surface area contributed by atoms with E-state index in [1.54, 1.807) is 0 Å². The fraction of sp³-hybridized carbons (Fsp3) is 0.333. The summed E-state index contributed by atoms with van der Waals surface area (Å²) in [5.74, 6) is -0.0701. The molecule has 0 unspecified atom stereocenters. The van der Waals surface area contributed by atoms with Crippen LogP contribution in [0, 0.1) is 11.7 Å². The van der Waals surface area contributed by atoms with Crippen LogP contribution in [0.1, 0.15) is 34.0 Å². The monoisotopic (exact) mass is 445 g/mol. The summed E-state index contributed by atoms with van der Waals surface area (Å²) in [7, 11) is 4.05. The van der Waals surface area contributed by atoms with Crippen LogP contribution in [0.3, 0.4) is 0 Å². The minimum atomic E-state index is -0.349. The number of fused-ring (bicyclic) bond motifs is 4. The van der Waals surface area contributed by atoms with Crippen LogP contribution in [-0.4, -0.2) is 47.5 Å². The first-order valence-corrected chi connectivity index (χ1v) is 11.4. The van der Waals surface area contributed by atoms with Crippen molar-refractivity contribution in [3.05, 3.63) is 93.7 Å². The van der Waals surface area contributed by atoms with Gasteiger partial charge in [0, 0.05) is 48.9 Å². The minimum absolute atomic E-state index is 0.0479. The number of nitrogens with zero attached hydrogens (tertiary/aromatic N) is 3. The Morgan fingerprint density at radius 3 is 2.48 bits per heavy atom. The molecule has 1 saturated heterocycles. The second kappa shape index (κ2) is 8.60. The van der Waals surface area contributed by atoms with E-state index in [9.17, 15) is 14.0 Å². The number of hydrogen-bond acceptors (Lipinski definition) is 3. The average Bonchev–Trinajstić information content (AvgIpc) is 2.80. The molecular formula is C27H28FN3O2. The number of likely N-dealkylation sites (tertiary alicyclic amines) is 1. The number of rotatable bonds is 4. The summed E-state index contributed by atoms with van der Waals surface area (Å²) in [6, 6.07) is 17.8. The van der Waals surface area contributed by atoms with Crippen molar-refractivity contribution in [3.8, 4) is 11.1 Å². The summed E-state index contributed by atoms with van der Waals surface area (Å²) >= 11 is 0. The van der Waals surface area contributed by atoms with Crippen molar-refractivity contribution in [2.75, 3.05) is 27.2 Å². The number of halogens is 1. The van der Waals surface area contributed by atoms with Crippen molar-refractivity contribution in [1.82, 2.24) is 14.4 Å². The van der Waals surface area contributed by atoms with Crippen LogP contribution < -0.4 is 5.56 Å². The van der Waals surface area contributed by atoms with Gasteiger partial charge in [0.25, 0.3) is 11.5 Å². The molecule has 1 amide bonds. The third-order valence-corrected chi connectivity index (χ3v) is 6.78. The van der Waals surface area contributed by atoms with E-state index in [1.165, 1.54) is 24.3 Å². The Bertz CT molecular complexity index is 1250. The number of hydrogen-bond donors (Lipinski definition) is 0. The van der Waals surface area contributed by atoms with Gasteiger partial charge in [-0.2, -0.15) is 0 Å². The molecule has 3 aromatic rings. The number of pyridine rings is 1. The third-order valence-electron chi connectivity index (χ3n) is 6.78. The molecule has 1 aromatic heterocycles. The molecular weight excluding hydrogens is 417 g/mol. The van der Waals surface area contributed by atoms with Crippen LogP contribution in [0.15, 0.2) is 65.5 Å². The maximum Gasteiger partial charge on any atom is 0.258 e. The Kier molecular flexibility index (Phi) is 5.62. The number of carbonyl (C=O) groups excluding carboxylic acids is 1. The van der Waals surface area contributed by atoms with Crippen molar-refractivity contribution in [3.63, 3.8) is 0 Å². The van der Waals surface area contributed by atoms with E-state index < -0.39 is 0 Å². The van der Waals surface area contributed by atoms with Crippen molar-refractivity contribution >= 4 is 5.91 Å². The quantitative estimate of drug-likeness (QED) is 0.610. The Hall–Kier alpha value is -3.25.